The second-order valence-electron chi connectivity index (χ2n) is 6.78. The lowest BCUT2D eigenvalue weighted by Crippen LogP contribution is -2.12. The first kappa shape index (κ1) is 19.1. The number of benzene rings is 1. The predicted octanol–water partition coefficient (Wildman–Crippen LogP) is 3.02. The Morgan fingerprint density at radius 3 is 2.84 bits per heavy atom. The summed E-state index contributed by atoms with van der Waals surface area (Å²) in [5.41, 5.74) is 2.37. The molecular formula is C20H16ClN9O. The van der Waals surface area contributed by atoms with Crippen molar-refractivity contribution in [1.29, 1.82) is 0 Å². The lowest BCUT2D eigenvalue weighted by atomic mass is 10.2. The van der Waals surface area contributed by atoms with Gasteiger partial charge in [0.05, 0.1) is 28.0 Å². The third-order valence-electron chi connectivity index (χ3n) is 4.79. The highest BCUT2D eigenvalue weighted by atomic mass is 35.5. The smallest absolute Gasteiger partial charge is 0.295 e. The maximum absolute atomic E-state index is 12.3. The first-order valence-electron chi connectivity index (χ1n) is 9.52. The topological polar surface area (TPSA) is 116 Å². The largest absolute Gasteiger partial charge is 0.318 e. The normalized spacial score (nSPS) is 11.3. The zero-order valence-corrected chi connectivity index (χ0v) is 17.4. The molecule has 0 aliphatic carbocycles. The summed E-state index contributed by atoms with van der Waals surface area (Å²) in [7, 11) is 0. The van der Waals surface area contributed by atoms with Crippen LogP contribution in [0.5, 0.6) is 0 Å². The second kappa shape index (κ2) is 7.40. The second-order valence-corrected chi connectivity index (χ2v) is 7.18. The minimum absolute atomic E-state index is 0.150. The van der Waals surface area contributed by atoms with Crippen molar-refractivity contribution in [3.05, 3.63) is 64.1 Å². The molecule has 0 saturated heterocycles. The molecule has 0 atom stereocenters. The fourth-order valence-corrected chi connectivity index (χ4v) is 3.50. The van der Waals surface area contributed by atoms with Crippen LogP contribution in [-0.2, 0) is 6.54 Å². The number of aromatic nitrogens is 8. The first-order valence-corrected chi connectivity index (χ1v) is 9.89. The molecular weight excluding hydrogens is 418 g/mol. The van der Waals surface area contributed by atoms with Crippen molar-refractivity contribution in [2.75, 3.05) is 5.32 Å². The van der Waals surface area contributed by atoms with Crippen LogP contribution in [0.1, 0.15) is 12.6 Å². The summed E-state index contributed by atoms with van der Waals surface area (Å²) in [5.74, 6) is 0.758. The number of aryl methyl sites for hydroxylation is 2. The van der Waals surface area contributed by atoms with Crippen molar-refractivity contribution in [2.24, 2.45) is 0 Å². The highest BCUT2D eigenvalue weighted by molar-refractivity contribution is 6.35. The third kappa shape index (κ3) is 3.26. The van der Waals surface area contributed by atoms with Gasteiger partial charge >= 0.3 is 0 Å². The van der Waals surface area contributed by atoms with Crippen LogP contribution < -0.4 is 10.9 Å². The Bertz CT molecular complexity index is 1510. The maximum atomic E-state index is 12.3. The van der Waals surface area contributed by atoms with Gasteiger partial charge in [-0.15, -0.1) is 5.10 Å². The fourth-order valence-electron chi connectivity index (χ4n) is 3.28. The Hall–Kier alpha value is -3.92. The Balaban J connectivity index is 1.78. The molecule has 1 aromatic carbocycles. The van der Waals surface area contributed by atoms with E-state index in [0.717, 1.165) is 23.2 Å². The summed E-state index contributed by atoms with van der Waals surface area (Å²) in [6.45, 7) is 4.65. The lowest BCUT2D eigenvalue weighted by molar-refractivity contribution is 0.653. The van der Waals surface area contributed by atoms with Gasteiger partial charge in [0.15, 0.2) is 11.5 Å². The van der Waals surface area contributed by atoms with E-state index in [-0.39, 0.29) is 11.6 Å². The number of para-hydroxylation sites is 1. The molecule has 0 fully saturated rings. The minimum atomic E-state index is -0.480. The molecule has 4 aromatic heterocycles. The van der Waals surface area contributed by atoms with E-state index in [2.05, 4.69) is 30.5 Å². The van der Waals surface area contributed by atoms with Crippen molar-refractivity contribution in [3.63, 3.8) is 0 Å². The fraction of sp³-hybridized carbons (Fsp3) is 0.150. The molecule has 0 amide bonds. The van der Waals surface area contributed by atoms with Gasteiger partial charge < -0.3 is 5.32 Å². The lowest BCUT2D eigenvalue weighted by Gasteiger charge is -2.08. The van der Waals surface area contributed by atoms with Crippen LogP contribution >= 0.6 is 11.6 Å². The van der Waals surface area contributed by atoms with E-state index in [0.29, 0.717) is 22.0 Å². The molecule has 0 aliphatic rings. The highest BCUT2D eigenvalue weighted by Gasteiger charge is 2.19. The molecule has 5 rings (SSSR count). The van der Waals surface area contributed by atoms with Crippen molar-refractivity contribution in [3.8, 4) is 11.4 Å². The number of halogens is 1. The number of fused-ring (bicyclic) bond motifs is 3. The van der Waals surface area contributed by atoms with Crippen molar-refractivity contribution in [2.45, 2.75) is 20.4 Å². The quantitative estimate of drug-likeness (QED) is 0.459. The Morgan fingerprint density at radius 2 is 2.03 bits per heavy atom. The van der Waals surface area contributed by atoms with E-state index in [1.54, 1.807) is 10.6 Å². The van der Waals surface area contributed by atoms with Crippen LogP contribution in [0, 0.1) is 6.92 Å². The summed E-state index contributed by atoms with van der Waals surface area (Å²) in [6, 6.07) is 5.45. The van der Waals surface area contributed by atoms with Gasteiger partial charge in [-0.1, -0.05) is 17.7 Å². The number of rotatable bonds is 4. The molecule has 11 heteroatoms. The molecule has 0 spiro atoms. The monoisotopic (exact) mass is 433 g/mol. The molecule has 10 nitrogen and oxygen atoms in total. The van der Waals surface area contributed by atoms with Crippen molar-refractivity contribution in [1.82, 2.24) is 39.3 Å². The van der Waals surface area contributed by atoms with Gasteiger partial charge in [-0.25, -0.2) is 15.0 Å². The first-order chi connectivity index (χ1) is 15.0. The summed E-state index contributed by atoms with van der Waals surface area (Å²) >= 11 is 6.41. The number of anilines is 2. The van der Waals surface area contributed by atoms with Crippen LogP contribution in [-0.4, -0.2) is 39.3 Å². The molecule has 5 aromatic rings. The number of hydrogen-bond acceptors (Lipinski definition) is 8. The number of nitrogens with zero attached hydrogens (tertiary/aromatic N) is 8. The van der Waals surface area contributed by atoms with Crippen LogP contribution in [0.15, 0.2) is 47.8 Å². The van der Waals surface area contributed by atoms with Crippen LogP contribution in [0.2, 0.25) is 5.02 Å². The van der Waals surface area contributed by atoms with Crippen LogP contribution in [0.25, 0.3) is 27.9 Å². The summed E-state index contributed by atoms with van der Waals surface area (Å²) < 4.78 is 3.37. The summed E-state index contributed by atoms with van der Waals surface area (Å²) in [5, 5.41) is 13.3. The zero-order chi connectivity index (χ0) is 21.5. The molecule has 1 N–H and O–H groups in total. The summed E-state index contributed by atoms with van der Waals surface area (Å²) in [4.78, 5) is 29.4. The van der Waals surface area contributed by atoms with Crippen molar-refractivity contribution < 1.29 is 0 Å². The Kier molecular flexibility index (Phi) is 4.55. The van der Waals surface area contributed by atoms with Crippen molar-refractivity contribution >= 4 is 39.8 Å². The van der Waals surface area contributed by atoms with E-state index in [1.165, 1.54) is 18.6 Å². The van der Waals surface area contributed by atoms with Gasteiger partial charge in [0, 0.05) is 30.5 Å². The Labute approximate surface area is 180 Å². The third-order valence-corrected chi connectivity index (χ3v) is 5.09. The van der Waals surface area contributed by atoms with Gasteiger partial charge in [0.1, 0.15) is 5.69 Å². The SMILES string of the molecule is CCn1cc(-c2nc3c4cccc(Cl)c4nc(Nc4cnccnc4=O)n3n2)c(C)n1. The number of hydrogen-bond donors (Lipinski definition) is 1. The maximum Gasteiger partial charge on any atom is 0.295 e. The predicted molar refractivity (Wildman–Crippen MR) is 117 cm³/mol. The zero-order valence-electron chi connectivity index (χ0n) is 16.6. The van der Waals surface area contributed by atoms with Gasteiger partial charge in [-0.05, 0) is 26.0 Å². The Morgan fingerprint density at radius 1 is 1.16 bits per heavy atom. The van der Waals surface area contributed by atoms with Gasteiger partial charge in [0.2, 0.25) is 5.95 Å². The van der Waals surface area contributed by atoms with E-state index in [1.807, 2.05) is 36.9 Å². The standard InChI is InChI=1S/C20H16ClN9O/c1-3-29-10-13(11(2)27-29)17-26-18-12-5-4-6-14(21)16(12)25-20(30(18)28-17)24-15-9-22-7-8-23-19(15)31/h4-10H,3H2,1-2H3,(H,23,24,25,31). The van der Waals surface area contributed by atoms with Gasteiger partial charge in [-0.2, -0.15) is 9.61 Å². The molecule has 0 aliphatic heterocycles. The van der Waals surface area contributed by atoms with Crippen LogP contribution in [0.4, 0.5) is 11.6 Å². The molecule has 4 heterocycles. The average Bonchev–Trinajstić information content (AvgIpc) is 3.31. The van der Waals surface area contributed by atoms with E-state index in [4.69, 9.17) is 16.6 Å². The highest BCUT2D eigenvalue weighted by Crippen LogP contribution is 2.29. The van der Waals surface area contributed by atoms with E-state index >= 15 is 0 Å². The number of nitrogens with one attached hydrogen (secondary N) is 1. The van der Waals surface area contributed by atoms with Gasteiger partial charge in [-0.3, -0.25) is 14.5 Å². The molecule has 0 saturated carbocycles. The average molecular weight is 434 g/mol. The van der Waals surface area contributed by atoms with Crippen LogP contribution in [0.3, 0.4) is 0 Å². The summed E-state index contributed by atoms with van der Waals surface area (Å²) in [6.07, 6.45) is 6.04. The molecule has 0 unspecified atom stereocenters. The molecule has 0 bridgehead atoms. The van der Waals surface area contributed by atoms with E-state index < -0.39 is 5.56 Å². The molecule has 154 valence electrons. The van der Waals surface area contributed by atoms with E-state index in [9.17, 15) is 4.79 Å². The molecule has 0 radical (unpaired) electrons. The molecule has 31 heavy (non-hydrogen) atoms. The minimum Gasteiger partial charge on any atom is -0.318 e. The van der Waals surface area contributed by atoms with Gasteiger partial charge in [0.25, 0.3) is 5.56 Å².